The van der Waals surface area contributed by atoms with Crippen molar-refractivity contribution in [1.29, 1.82) is 0 Å². The van der Waals surface area contributed by atoms with Crippen molar-refractivity contribution < 1.29 is 27.4 Å². The minimum Gasteiger partial charge on any atom is -0.481 e. The molecule has 1 aliphatic heterocycles. The summed E-state index contributed by atoms with van der Waals surface area (Å²) < 4.78 is 45.7. The molecule has 3 rings (SSSR count). The molecular weight excluding hydrogens is 373 g/mol. The summed E-state index contributed by atoms with van der Waals surface area (Å²) in [6.45, 7) is 0.300. The van der Waals surface area contributed by atoms with Crippen LogP contribution in [-0.4, -0.2) is 38.9 Å². The molecule has 27 heavy (non-hydrogen) atoms. The number of sulfonamides is 1. The molecule has 0 spiro atoms. The van der Waals surface area contributed by atoms with Gasteiger partial charge in [0, 0.05) is 13.7 Å². The lowest BCUT2D eigenvalue weighted by atomic mass is 10.1. The van der Waals surface area contributed by atoms with Crippen molar-refractivity contribution in [2.75, 3.05) is 23.7 Å². The molecule has 144 valence electrons. The van der Waals surface area contributed by atoms with Gasteiger partial charge in [0.1, 0.15) is 5.82 Å². The number of ether oxygens (including phenoxy) is 1. The minimum absolute atomic E-state index is 0.169. The van der Waals surface area contributed by atoms with E-state index < -0.39 is 27.9 Å². The molecule has 6 nitrogen and oxygen atoms in total. The zero-order chi connectivity index (χ0) is 19.6. The number of nitrogens with zero attached hydrogens (tertiary/aromatic N) is 1. The molecule has 0 aromatic heterocycles. The SMILES string of the molecule is COC(CS(=O)(=O)N1CCc2ccc(CC(=O)O)cc21)c1ccc(F)cc1. The van der Waals surface area contributed by atoms with Crippen LogP contribution in [0.15, 0.2) is 42.5 Å². The number of aliphatic carboxylic acids is 1. The van der Waals surface area contributed by atoms with E-state index in [1.54, 1.807) is 18.2 Å². The molecule has 1 atom stereocenters. The highest BCUT2D eigenvalue weighted by Gasteiger charge is 2.32. The van der Waals surface area contributed by atoms with Crippen LogP contribution in [0, 0.1) is 5.82 Å². The highest BCUT2D eigenvalue weighted by Crippen LogP contribution is 2.33. The lowest BCUT2D eigenvalue weighted by molar-refractivity contribution is -0.136. The van der Waals surface area contributed by atoms with Crippen LogP contribution in [0.5, 0.6) is 0 Å². The average Bonchev–Trinajstić information content (AvgIpc) is 3.04. The molecule has 1 aliphatic rings. The Morgan fingerprint density at radius 3 is 2.59 bits per heavy atom. The van der Waals surface area contributed by atoms with Gasteiger partial charge < -0.3 is 9.84 Å². The molecule has 0 radical (unpaired) electrons. The Balaban J connectivity index is 1.86. The second-order valence-corrected chi connectivity index (χ2v) is 8.35. The number of benzene rings is 2. The summed E-state index contributed by atoms with van der Waals surface area (Å²) in [6, 6.07) is 10.6. The first-order valence-electron chi connectivity index (χ1n) is 8.42. The predicted octanol–water partition coefficient (Wildman–Crippen LogP) is 2.53. The maximum Gasteiger partial charge on any atom is 0.307 e. The molecule has 1 heterocycles. The number of carboxylic acid groups (broad SMARTS) is 1. The summed E-state index contributed by atoms with van der Waals surface area (Å²) in [5.41, 5.74) is 2.50. The Morgan fingerprint density at radius 1 is 1.26 bits per heavy atom. The van der Waals surface area contributed by atoms with Gasteiger partial charge in [0.15, 0.2) is 0 Å². The minimum atomic E-state index is -3.72. The molecule has 0 amide bonds. The third-order valence-corrected chi connectivity index (χ3v) is 6.36. The fourth-order valence-corrected chi connectivity index (χ4v) is 4.96. The van der Waals surface area contributed by atoms with Crippen molar-refractivity contribution >= 4 is 21.7 Å². The van der Waals surface area contributed by atoms with Crippen LogP contribution in [0.4, 0.5) is 10.1 Å². The van der Waals surface area contributed by atoms with E-state index in [9.17, 15) is 17.6 Å². The third kappa shape index (κ3) is 4.28. The fraction of sp³-hybridized carbons (Fsp3) is 0.316. The summed E-state index contributed by atoms with van der Waals surface area (Å²) in [5.74, 6) is -1.67. The maximum absolute atomic E-state index is 13.1. The van der Waals surface area contributed by atoms with Gasteiger partial charge in [-0.1, -0.05) is 24.3 Å². The van der Waals surface area contributed by atoms with E-state index in [-0.39, 0.29) is 12.2 Å². The Morgan fingerprint density at radius 2 is 1.96 bits per heavy atom. The molecule has 0 bridgehead atoms. The van der Waals surface area contributed by atoms with E-state index in [1.165, 1.54) is 35.7 Å². The zero-order valence-electron chi connectivity index (χ0n) is 14.8. The smallest absolute Gasteiger partial charge is 0.307 e. The second-order valence-electron chi connectivity index (χ2n) is 6.41. The van der Waals surface area contributed by atoms with Crippen LogP contribution >= 0.6 is 0 Å². The summed E-state index contributed by atoms with van der Waals surface area (Å²) >= 11 is 0. The summed E-state index contributed by atoms with van der Waals surface area (Å²) in [5, 5.41) is 8.96. The number of fused-ring (bicyclic) bond motifs is 1. The standard InChI is InChI=1S/C19H20FNO5S/c1-26-18(15-4-6-16(20)7-5-15)12-27(24,25)21-9-8-14-3-2-13(10-17(14)21)11-19(22)23/h2-7,10,18H,8-9,11-12H2,1H3,(H,22,23). The van der Waals surface area contributed by atoms with Gasteiger partial charge in [-0.3, -0.25) is 9.10 Å². The summed E-state index contributed by atoms with van der Waals surface area (Å²) in [7, 11) is -2.31. The summed E-state index contributed by atoms with van der Waals surface area (Å²) in [4.78, 5) is 10.9. The number of anilines is 1. The summed E-state index contributed by atoms with van der Waals surface area (Å²) in [6.07, 6.45) is -0.338. The number of hydrogen-bond acceptors (Lipinski definition) is 4. The number of halogens is 1. The van der Waals surface area contributed by atoms with Crippen LogP contribution in [0.2, 0.25) is 0 Å². The van der Waals surface area contributed by atoms with Crippen molar-refractivity contribution in [3.8, 4) is 0 Å². The molecule has 1 N–H and O–H groups in total. The molecule has 0 saturated carbocycles. The molecule has 0 aliphatic carbocycles. The number of rotatable bonds is 7. The van der Waals surface area contributed by atoms with E-state index in [2.05, 4.69) is 0 Å². The first-order chi connectivity index (χ1) is 12.8. The van der Waals surface area contributed by atoms with E-state index in [1.807, 2.05) is 0 Å². The molecule has 1 unspecified atom stereocenters. The monoisotopic (exact) mass is 393 g/mol. The largest absolute Gasteiger partial charge is 0.481 e. The normalized spacial score (nSPS) is 14.8. The Hall–Kier alpha value is -2.45. The van der Waals surface area contributed by atoms with Crippen molar-refractivity contribution in [2.45, 2.75) is 18.9 Å². The zero-order valence-corrected chi connectivity index (χ0v) is 15.6. The van der Waals surface area contributed by atoms with Gasteiger partial charge in [0.05, 0.1) is 24.0 Å². The maximum atomic E-state index is 13.1. The topological polar surface area (TPSA) is 83.9 Å². The van der Waals surface area contributed by atoms with Gasteiger partial charge in [-0.15, -0.1) is 0 Å². The van der Waals surface area contributed by atoms with Gasteiger partial charge in [-0.05, 0) is 41.3 Å². The quantitative estimate of drug-likeness (QED) is 0.782. The third-order valence-electron chi connectivity index (χ3n) is 4.58. The highest BCUT2D eigenvalue weighted by molar-refractivity contribution is 7.92. The van der Waals surface area contributed by atoms with Crippen LogP contribution in [0.1, 0.15) is 22.8 Å². The number of hydrogen-bond donors (Lipinski definition) is 1. The Kier molecular flexibility index (Phi) is 5.48. The van der Waals surface area contributed by atoms with Gasteiger partial charge in [-0.2, -0.15) is 0 Å². The molecular formula is C19H20FNO5S. The van der Waals surface area contributed by atoms with Crippen molar-refractivity contribution in [3.63, 3.8) is 0 Å². The lowest BCUT2D eigenvalue weighted by Gasteiger charge is -2.23. The predicted molar refractivity (Wildman–Crippen MR) is 98.8 cm³/mol. The van der Waals surface area contributed by atoms with Gasteiger partial charge in [0.2, 0.25) is 10.0 Å². The molecule has 2 aromatic rings. The van der Waals surface area contributed by atoms with Gasteiger partial charge in [-0.25, -0.2) is 12.8 Å². The second kappa shape index (κ2) is 7.66. The van der Waals surface area contributed by atoms with Gasteiger partial charge >= 0.3 is 5.97 Å². The van der Waals surface area contributed by atoms with E-state index in [0.717, 1.165) is 5.56 Å². The highest BCUT2D eigenvalue weighted by atomic mass is 32.2. The first kappa shape index (κ1) is 19.3. The molecule has 0 fully saturated rings. The van der Waals surface area contributed by atoms with Crippen molar-refractivity contribution in [3.05, 3.63) is 65.0 Å². The van der Waals surface area contributed by atoms with Crippen molar-refractivity contribution in [1.82, 2.24) is 0 Å². The average molecular weight is 393 g/mol. The van der Waals surface area contributed by atoms with Crippen LogP contribution < -0.4 is 4.31 Å². The molecule has 0 saturated heterocycles. The van der Waals surface area contributed by atoms with E-state index in [0.29, 0.717) is 29.8 Å². The number of methoxy groups -OCH3 is 1. The first-order valence-corrected chi connectivity index (χ1v) is 10.0. The Labute approximate surface area is 157 Å². The van der Waals surface area contributed by atoms with Crippen LogP contribution in [0.25, 0.3) is 0 Å². The van der Waals surface area contributed by atoms with Crippen molar-refractivity contribution in [2.24, 2.45) is 0 Å². The van der Waals surface area contributed by atoms with Gasteiger partial charge in [0.25, 0.3) is 0 Å². The van der Waals surface area contributed by atoms with E-state index in [4.69, 9.17) is 9.84 Å². The Bertz CT molecular complexity index is 943. The molecule has 2 aromatic carbocycles. The number of carboxylic acids is 1. The molecule has 8 heteroatoms. The number of carbonyl (C=O) groups is 1. The van der Waals surface area contributed by atoms with E-state index >= 15 is 0 Å². The van der Waals surface area contributed by atoms with Crippen LogP contribution in [0.3, 0.4) is 0 Å². The fourth-order valence-electron chi connectivity index (χ4n) is 3.23. The van der Waals surface area contributed by atoms with Crippen LogP contribution in [-0.2, 0) is 32.4 Å². The lowest BCUT2D eigenvalue weighted by Crippen LogP contribution is -2.34.